The number of methoxy groups -OCH3 is 1. The fraction of sp³-hybridized carbons (Fsp3) is 0.263. The number of pyridine rings is 1. The minimum atomic E-state index is -0.531. The molecule has 0 spiro atoms. The average Bonchev–Trinajstić information content (AvgIpc) is 3.02. The van der Waals surface area contributed by atoms with Crippen molar-refractivity contribution < 1.29 is 14.3 Å². The summed E-state index contributed by atoms with van der Waals surface area (Å²) in [5.41, 5.74) is 0.284. The van der Waals surface area contributed by atoms with E-state index in [1.54, 1.807) is 24.3 Å². The molecular formula is C19H19N3O4S. The molecule has 1 aromatic carbocycles. The van der Waals surface area contributed by atoms with E-state index < -0.39 is 11.9 Å². The SMILES string of the molecule is COC(=O)c1nc(NC(=O)c2c[nH]c(=O)c3ccccc23)sc1CC(C)C. The van der Waals surface area contributed by atoms with Gasteiger partial charge in [-0.1, -0.05) is 32.0 Å². The van der Waals surface area contributed by atoms with Gasteiger partial charge < -0.3 is 9.72 Å². The zero-order chi connectivity index (χ0) is 19.6. The van der Waals surface area contributed by atoms with E-state index in [0.29, 0.717) is 33.8 Å². The number of rotatable bonds is 5. The Hall–Kier alpha value is -3.00. The Morgan fingerprint density at radius 1 is 1.26 bits per heavy atom. The Balaban J connectivity index is 1.95. The van der Waals surface area contributed by atoms with Crippen LogP contribution < -0.4 is 10.9 Å². The summed E-state index contributed by atoms with van der Waals surface area (Å²) < 4.78 is 4.79. The summed E-state index contributed by atoms with van der Waals surface area (Å²) in [6, 6.07) is 6.87. The highest BCUT2D eigenvalue weighted by atomic mass is 32.1. The van der Waals surface area contributed by atoms with E-state index in [0.717, 1.165) is 4.88 Å². The summed E-state index contributed by atoms with van der Waals surface area (Å²) in [5.74, 6) is -0.624. The molecule has 0 aliphatic rings. The molecule has 0 unspecified atom stereocenters. The predicted octanol–water partition coefficient (Wildman–Crippen LogP) is 3.22. The van der Waals surface area contributed by atoms with Gasteiger partial charge in [-0.3, -0.25) is 14.9 Å². The van der Waals surface area contributed by atoms with Crippen LogP contribution in [-0.2, 0) is 11.2 Å². The minimum Gasteiger partial charge on any atom is -0.464 e. The summed E-state index contributed by atoms with van der Waals surface area (Å²) in [7, 11) is 1.30. The van der Waals surface area contributed by atoms with Gasteiger partial charge in [0.1, 0.15) is 0 Å². The Morgan fingerprint density at radius 3 is 2.63 bits per heavy atom. The molecule has 0 atom stereocenters. The van der Waals surface area contributed by atoms with Crippen LogP contribution in [0.2, 0.25) is 0 Å². The minimum absolute atomic E-state index is 0.220. The molecule has 2 aromatic heterocycles. The molecule has 2 heterocycles. The fourth-order valence-electron chi connectivity index (χ4n) is 2.73. The van der Waals surface area contributed by atoms with Crippen LogP contribution >= 0.6 is 11.3 Å². The van der Waals surface area contributed by atoms with E-state index in [9.17, 15) is 14.4 Å². The van der Waals surface area contributed by atoms with Crippen molar-refractivity contribution in [2.75, 3.05) is 12.4 Å². The van der Waals surface area contributed by atoms with Gasteiger partial charge in [-0.15, -0.1) is 11.3 Å². The summed E-state index contributed by atoms with van der Waals surface area (Å²) in [6.07, 6.45) is 2.03. The van der Waals surface area contributed by atoms with Crippen molar-refractivity contribution in [2.45, 2.75) is 20.3 Å². The number of ether oxygens (including phenoxy) is 1. The molecular weight excluding hydrogens is 366 g/mol. The van der Waals surface area contributed by atoms with Gasteiger partial charge in [-0.25, -0.2) is 9.78 Å². The van der Waals surface area contributed by atoms with Crippen molar-refractivity contribution in [3.05, 3.63) is 57.0 Å². The number of hydrogen-bond donors (Lipinski definition) is 2. The molecule has 0 saturated heterocycles. The van der Waals surface area contributed by atoms with Crippen LogP contribution in [-0.4, -0.2) is 29.0 Å². The van der Waals surface area contributed by atoms with Gasteiger partial charge in [0.2, 0.25) is 0 Å². The summed E-state index contributed by atoms with van der Waals surface area (Å²) in [5, 5.41) is 4.01. The maximum absolute atomic E-state index is 12.7. The molecule has 8 heteroatoms. The number of carbonyl (C=O) groups is 2. The van der Waals surface area contributed by atoms with Crippen molar-refractivity contribution in [1.29, 1.82) is 0 Å². The lowest BCUT2D eigenvalue weighted by Gasteiger charge is -2.05. The van der Waals surface area contributed by atoms with E-state index in [-0.39, 0.29) is 11.3 Å². The molecule has 2 N–H and O–H groups in total. The molecule has 3 aromatic rings. The maximum Gasteiger partial charge on any atom is 0.357 e. The van der Waals surface area contributed by atoms with Crippen molar-refractivity contribution in [3.8, 4) is 0 Å². The van der Waals surface area contributed by atoms with E-state index in [1.807, 2.05) is 13.8 Å². The first-order valence-corrected chi connectivity index (χ1v) is 9.22. The molecule has 0 fully saturated rings. The zero-order valence-corrected chi connectivity index (χ0v) is 16.0. The van der Waals surface area contributed by atoms with E-state index in [2.05, 4.69) is 15.3 Å². The van der Waals surface area contributed by atoms with Gasteiger partial charge in [-0.2, -0.15) is 0 Å². The Kier molecular flexibility index (Phi) is 5.36. The molecule has 0 bridgehead atoms. The van der Waals surface area contributed by atoms with Crippen molar-refractivity contribution in [1.82, 2.24) is 9.97 Å². The monoisotopic (exact) mass is 385 g/mol. The summed E-state index contributed by atoms with van der Waals surface area (Å²) in [4.78, 5) is 44.2. The Morgan fingerprint density at radius 2 is 1.96 bits per heavy atom. The summed E-state index contributed by atoms with van der Waals surface area (Å²) >= 11 is 1.25. The maximum atomic E-state index is 12.7. The third-order valence-electron chi connectivity index (χ3n) is 3.94. The second-order valence-corrected chi connectivity index (χ2v) is 7.50. The van der Waals surface area contributed by atoms with Crippen LogP contribution in [0.25, 0.3) is 10.8 Å². The number of fused-ring (bicyclic) bond motifs is 1. The molecule has 140 valence electrons. The van der Waals surface area contributed by atoms with E-state index in [4.69, 9.17) is 4.74 Å². The zero-order valence-electron chi connectivity index (χ0n) is 15.2. The van der Waals surface area contributed by atoms with Crippen LogP contribution in [0.3, 0.4) is 0 Å². The largest absolute Gasteiger partial charge is 0.464 e. The highest BCUT2D eigenvalue weighted by Gasteiger charge is 2.21. The lowest BCUT2D eigenvalue weighted by molar-refractivity contribution is 0.0593. The van der Waals surface area contributed by atoms with Gasteiger partial charge in [0.25, 0.3) is 11.5 Å². The van der Waals surface area contributed by atoms with Crippen LogP contribution in [0, 0.1) is 5.92 Å². The molecule has 27 heavy (non-hydrogen) atoms. The van der Waals surface area contributed by atoms with Crippen LogP contribution in [0.15, 0.2) is 35.3 Å². The van der Waals surface area contributed by atoms with Crippen molar-refractivity contribution in [2.24, 2.45) is 5.92 Å². The molecule has 3 rings (SSSR count). The lowest BCUT2D eigenvalue weighted by Crippen LogP contribution is -2.16. The number of hydrogen-bond acceptors (Lipinski definition) is 6. The third-order valence-corrected chi connectivity index (χ3v) is 4.94. The Bertz CT molecular complexity index is 1070. The normalized spacial score (nSPS) is 11.0. The van der Waals surface area contributed by atoms with Crippen LogP contribution in [0.5, 0.6) is 0 Å². The highest BCUT2D eigenvalue weighted by molar-refractivity contribution is 7.16. The van der Waals surface area contributed by atoms with Crippen LogP contribution in [0.4, 0.5) is 5.13 Å². The topological polar surface area (TPSA) is 101 Å². The standard InChI is InChI=1S/C19H19N3O4S/c1-10(2)8-14-15(18(25)26-3)21-19(27-14)22-17(24)13-9-20-16(23)12-7-5-4-6-11(12)13/h4-7,9-10H,8H2,1-3H3,(H,20,23)(H,21,22,24). The van der Waals surface area contributed by atoms with Gasteiger partial charge in [0, 0.05) is 21.8 Å². The average molecular weight is 385 g/mol. The molecule has 0 saturated carbocycles. The second kappa shape index (κ2) is 7.71. The number of amides is 1. The van der Waals surface area contributed by atoms with Gasteiger partial charge in [0.05, 0.1) is 12.7 Å². The lowest BCUT2D eigenvalue weighted by atomic mass is 10.1. The number of aromatic amines is 1. The first-order chi connectivity index (χ1) is 12.9. The number of benzene rings is 1. The van der Waals surface area contributed by atoms with Gasteiger partial charge >= 0.3 is 5.97 Å². The smallest absolute Gasteiger partial charge is 0.357 e. The molecule has 0 radical (unpaired) electrons. The van der Waals surface area contributed by atoms with E-state index >= 15 is 0 Å². The first-order valence-electron chi connectivity index (χ1n) is 8.40. The fourth-order valence-corrected chi connectivity index (χ4v) is 3.89. The number of anilines is 1. The van der Waals surface area contributed by atoms with Gasteiger partial charge in [-0.05, 0) is 18.4 Å². The predicted molar refractivity (Wildman–Crippen MR) is 105 cm³/mol. The highest BCUT2D eigenvalue weighted by Crippen LogP contribution is 2.27. The third kappa shape index (κ3) is 3.90. The molecule has 0 aliphatic heterocycles. The number of nitrogens with one attached hydrogen (secondary N) is 2. The van der Waals surface area contributed by atoms with Gasteiger partial charge in [0.15, 0.2) is 10.8 Å². The van der Waals surface area contributed by atoms with Crippen molar-refractivity contribution >= 4 is 39.1 Å². The van der Waals surface area contributed by atoms with Crippen molar-refractivity contribution in [3.63, 3.8) is 0 Å². The number of esters is 1. The second-order valence-electron chi connectivity index (χ2n) is 6.41. The number of aromatic nitrogens is 2. The first kappa shape index (κ1) is 18.8. The van der Waals surface area contributed by atoms with E-state index in [1.165, 1.54) is 24.6 Å². The molecule has 7 nitrogen and oxygen atoms in total. The number of thiazole rings is 1. The summed E-state index contributed by atoms with van der Waals surface area (Å²) in [6.45, 7) is 4.07. The molecule has 0 aliphatic carbocycles. The quantitative estimate of drug-likeness (QED) is 0.657. The number of H-pyrrole nitrogens is 1. The van der Waals surface area contributed by atoms with Crippen LogP contribution in [0.1, 0.15) is 39.6 Å². The number of nitrogens with zero attached hydrogens (tertiary/aromatic N) is 1. The number of carbonyl (C=O) groups excluding carboxylic acids is 2. The molecule has 1 amide bonds. The Labute approximate surface area is 159 Å².